The molecule has 23 heavy (non-hydrogen) atoms. The molecule has 3 heterocycles. The van der Waals surface area contributed by atoms with Gasteiger partial charge in [-0.2, -0.15) is 8.75 Å². The number of furan rings is 1. The van der Waals surface area contributed by atoms with Gasteiger partial charge in [0.15, 0.2) is 10.4 Å². The largest absolute Gasteiger partial charge is 0.444 e. The van der Waals surface area contributed by atoms with E-state index in [1.807, 2.05) is 0 Å². The standard InChI is InChI=1S/C13H6BrN5O3S/c14-10-4-3-9(21-10)12-16-17-13(22-12)15-11(20)6-1-2-7-8(5-6)19-23-18-7/h1-5H,(H,15,17,20). The zero-order valence-corrected chi connectivity index (χ0v) is 13.6. The fourth-order valence-corrected chi connectivity index (χ4v) is 2.72. The van der Waals surface area contributed by atoms with Crippen molar-refractivity contribution in [3.05, 3.63) is 40.6 Å². The normalized spacial score (nSPS) is 11.0. The maximum absolute atomic E-state index is 12.2. The van der Waals surface area contributed by atoms with E-state index in [2.05, 4.69) is 40.2 Å². The first-order chi connectivity index (χ1) is 11.2. The van der Waals surface area contributed by atoms with E-state index < -0.39 is 0 Å². The summed E-state index contributed by atoms with van der Waals surface area (Å²) in [5.41, 5.74) is 1.83. The predicted octanol–water partition coefficient (Wildman–Crippen LogP) is 3.35. The van der Waals surface area contributed by atoms with E-state index in [0.29, 0.717) is 21.5 Å². The Morgan fingerprint density at radius 2 is 1.96 bits per heavy atom. The molecular weight excluding hydrogens is 386 g/mol. The lowest BCUT2D eigenvalue weighted by atomic mass is 10.2. The van der Waals surface area contributed by atoms with Gasteiger partial charge < -0.3 is 8.83 Å². The molecule has 1 aromatic carbocycles. The minimum Gasteiger partial charge on any atom is -0.444 e. The van der Waals surface area contributed by atoms with Crippen LogP contribution in [0.3, 0.4) is 0 Å². The lowest BCUT2D eigenvalue weighted by Gasteiger charge is -1.99. The molecule has 114 valence electrons. The summed E-state index contributed by atoms with van der Waals surface area (Å²) in [4.78, 5) is 12.2. The van der Waals surface area contributed by atoms with Crippen LogP contribution in [-0.4, -0.2) is 24.9 Å². The minimum atomic E-state index is -0.379. The first-order valence-electron chi connectivity index (χ1n) is 6.32. The van der Waals surface area contributed by atoms with Gasteiger partial charge in [0.05, 0.1) is 11.7 Å². The number of carbonyl (C=O) groups is 1. The molecule has 4 rings (SSSR count). The Hall–Kier alpha value is -2.59. The summed E-state index contributed by atoms with van der Waals surface area (Å²) in [6.07, 6.45) is 0. The lowest BCUT2D eigenvalue weighted by molar-refractivity contribution is 0.102. The Morgan fingerprint density at radius 1 is 1.09 bits per heavy atom. The van der Waals surface area contributed by atoms with Crippen molar-refractivity contribution < 1.29 is 13.6 Å². The zero-order chi connectivity index (χ0) is 15.8. The van der Waals surface area contributed by atoms with Crippen LogP contribution in [0.2, 0.25) is 0 Å². The Labute approximate surface area is 141 Å². The van der Waals surface area contributed by atoms with Crippen LogP contribution < -0.4 is 5.32 Å². The second kappa shape index (κ2) is 5.56. The molecule has 10 heteroatoms. The van der Waals surface area contributed by atoms with Gasteiger partial charge >= 0.3 is 6.01 Å². The van der Waals surface area contributed by atoms with Gasteiger partial charge in [-0.15, -0.1) is 5.10 Å². The highest BCUT2D eigenvalue weighted by Gasteiger charge is 2.15. The average molecular weight is 392 g/mol. The van der Waals surface area contributed by atoms with Crippen molar-refractivity contribution in [2.75, 3.05) is 5.32 Å². The fourth-order valence-electron chi connectivity index (χ4n) is 1.90. The number of amides is 1. The monoisotopic (exact) mass is 391 g/mol. The second-order valence-electron chi connectivity index (χ2n) is 4.44. The summed E-state index contributed by atoms with van der Waals surface area (Å²) in [5.74, 6) is 0.195. The number of aromatic nitrogens is 4. The van der Waals surface area contributed by atoms with Crippen molar-refractivity contribution in [2.45, 2.75) is 0 Å². The lowest BCUT2D eigenvalue weighted by Crippen LogP contribution is -2.12. The van der Waals surface area contributed by atoms with Gasteiger partial charge in [-0.05, 0) is 46.3 Å². The van der Waals surface area contributed by atoms with Gasteiger partial charge in [0, 0.05) is 5.56 Å². The van der Waals surface area contributed by atoms with Crippen LogP contribution in [0.5, 0.6) is 0 Å². The second-order valence-corrected chi connectivity index (χ2v) is 5.75. The van der Waals surface area contributed by atoms with E-state index in [4.69, 9.17) is 8.83 Å². The molecule has 3 aromatic heterocycles. The Morgan fingerprint density at radius 3 is 2.78 bits per heavy atom. The van der Waals surface area contributed by atoms with Gasteiger partial charge in [0.1, 0.15) is 11.0 Å². The van der Waals surface area contributed by atoms with Crippen LogP contribution in [-0.2, 0) is 0 Å². The first-order valence-corrected chi connectivity index (χ1v) is 7.84. The molecule has 1 N–H and O–H groups in total. The highest BCUT2D eigenvalue weighted by atomic mass is 79.9. The van der Waals surface area contributed by atoms with Crippen molar-refractivity contribution in [3.8, 4) is 11.7 Å². The van der Waals surface area contributed by atoms with Crippen LogP contribution in [0, 0.1) is 0 Å². The molecule has 0 radical (unpaired) electrons. The zero-order valence-electron chi connectivity index (χ0n) is 11.2. The maximum atomic E-state index is 12.2. The number of halogens is 1. The summed E-state index contributed by atoms with van der Waals surface area (Å²) in [5, 5.41) is 10.1. The molecule has 0 aliphatic rings. The molecular formula is C13H6BrN5O3S. The molecule has 0 saturated heterocycles. The molecule has 0 unspecified atom stereocenters. The molecule has 8 nitrogen and oxygen atoms in total. The summed E-state index contributed by atoms with van der Waals surface area (Å²) in [6, 6.07) is 8.39. The molecule has 0 fully saturated rings. The smallest absolute Gasteiger partial charge is 0.322 e. The van der Waals surface area contributed by atoms with E-state index in [9.17, 15) is 4.79 Å². The number of carbonyl (C=O) groups excluding carboxylic acids is 1. The van der Waals surface area contributed by atoms with E-state index >= 15 is 0 Å². The number of hydrogen-bond acceptors (Lipinski definition) is 8. The Bertz CT molecular complexity index is 1010. The summed E-state index contributed by atoms with van der Waals surface area (Å²) >= 11 is 4.28. The Balaban J connectivity index is 1.55. The van der Waals surface area contributed by atoms with Crippen molar-refractivity contribution in [1.29, 1.82) is 0 Å². The number of hydrogen-bond donors (Lipinski definition) is 1. The number of anilines is 1. The number of nitrogens with zero attached hydrogens (tertiary/aromatic N) is 4. The molecule has 0 bridgehead atoms. The van der Waals surface area contributed by atoms with Gasteiger partial charge in [-0.3, -0.25) is 10.1 Å². The Kier molecular flexibility index (Phi) is 3.39. The minimum absolute atomic E-state index is 0.0194. The average Bonchev–Trinajstić information content (AvgIpc) is 3.26. The molecule has 0 aliphatic carbocycles. The van der Waals surface area contributed by atoms with E-state index in [-0.39, 0.29) is 17.8 Å². The van der Waals surface area contributed by atoms with Crippen LogP contribution in [0.15, 0.2) is 43.8 Å². The fraction of sp³-hybridized carbons (Fsp3) is 0. The third-order valence-electron chi connectivity index (χ3n) is 2.95. The van der Waals surface area contributed by atoms with Crippen molar-refractivity contribution in [2.24, 2.45) is 0 Å². The molecule has 1 amide bonds. The van der Waals surface area contributed by atoms with Crippen molar-refractivity contribution >= 4 is 50.6 Å². The van der Waals surface area contributed by atoms with Gasteiger partial charge in [0.25, 0.3) is 11.8 Å². The maximum Gasteiger partial charge on any atom is 0.322 e. The number of fused-ring (bicyclic) bond motifs is 1. The number of benzene rings is 1. The van der Waals surface area contributed by atoms with Crippen molar-refractivity contribution in [3.63, 3.8) is 0 Å². The predicted molar refractivity (Wildman–Crippen MR) is 85.1 cm³/mol. The number of rotatable bonds is 3. The number of nitrogens with one attached hydrogen (secondary N) is 1. The molecule has 0 aliphatic heterocycles. The van der Waals surface area contributed by atoms with E-state index in [0.717, 1.165) is 17.2 Å². The molecule has 0 spiro atoms. The van der Waals surface area contributed by atoms with Gasteiger partial charge in [0.2, 0.25) is 0 Å². The SMILES string of the molecule is O=C(Nc1nnc(-c2ccc(Br)o2)o1)c1ccc2nsnc2c1. The van der Waals surface area contributed by atoms with E-state index in [1.54, 1.807) is 30.3 Å². The van der Waals surface area contributed by atoms with Crippen LogP contribution in [0.1, 0.15) is 10.4 Å². The summed E-state index contributed by atoms with van der Waals surface area (Å²) in [6.45, 7) is 0. The third kappa shape index (κ3) is 2.73. The van der Waals surface area contributed by atoms with Crippen LogP contribution in [0.25, 0.3) is 22.7 Å². The van der Waals surface area contributed by atoms with Gasteiger partial charge in [-0.1, -0.05) is 5.10 Å². The summed E-state index contributed by atoms with van der Waals surface area (Å²) in [7, 11) is 0. The van der Waals surface area contributed by atoms with Crippen molar-refractivity contribution in [1.82, 2.24) is 18.9 Å². The van der Waals surface area contributed by atoms with Gasteiger partial charge in [-0.25, -0.2) is 0 Å². The first kappa shape index (κ1) is 14.0. The quantitative estimate of drug-likeness (QED) is 0.570. The highest BCUT2D eigenvalue weighted by Crippen LogP contribution is 2.25. The van der Waals surface area contributed by atoms with Crippen LogP contribution >= 0.6 is 27.7 Å². The summed E-state index contributed by atoms with van der Waals surface area (Å²) < 4.78 is 19.4. The molecule has 0 saturated carbocycles. The third-order valence-corrected chi connectivity index (χ3v) is 3.93. The van der Waals surface area contributed by atoms with E-state index in [1.165, 1.54) is 0 Å². The van der Waals surface area contributed by atoms with Crippen LogP contribution in [0.4, 0.5) is 6.01 Å². The topological polar surface area (TPSA) is 107 Å². The molecule has 0 atom stereocenters. The highest BCUT2D eigenvalue weighted by molar-refractivity contribution is 9.10. The molecule has 4 aromatic rings.